The first-order chi connectivity index (χ1) is 12.7. The summed E-state index contributed by atoms with van der Waals surface area (Å²) in [5, 5.41) is 2.93. The highest BCUT2D eigenvalue weighted by molar-refractivity contribution is 6.06. The molecular formula is C20H22N2O4. The van der Waals surface area contributed by atoms with E-state index in [1.54, 1.807) is 17.0 Å². The maximum absolute atomic E-state index is 12.6. The van der Waals surface area contributed by atoms with E-state index >= 15 is 0 Å². The number of nitrogens with zero attached hydrogens (tertiary/aromatic N) is 1. The van der Waals surface area contributed by atoms with Gasteiger partial charge in [-0.25, -0.2) is 0 Å². The molecule has 1 unspecified atom stereocenters. The fourth-order valence-electron chi connectivity index (χ4n) is 3.59. The van der Waals surface area contributed by atoms with Gasteiger partial charge in [0.2, 0.25) is 5.91 Å². The van der Waals surface area contributed by atoms with E-state index in [-0.39, 0.29) is 17.9 Å². The predicted octanol–water partition coefficient (Wildman–Crippen LogP) is 3.38. The summed E-state index contributed by atoms with van der Waals surface area (Å²) >= 11 is 0. The highest BCUT2D eigenvalue weighted by Crippen LogP contribution is 2.32. The molecule has 0 bridgehead atoms. The lowest BCUT2D eigenvalue weighted by molar-refractivity contribution is -0.119. The van der Waals surface area contributed by atoms with Gasteiger partial charge in [-0.2, -0.15) is 0 Å². The van der Waals surface area contributed by atoms with E-state index in [1.165, 1.54) is 6.26 Å². The van der Waals surface area contributed by atoms with E-state index in [1.807, 2.05) is 18.2 Å². The average Bonchev–Trinajstić information content (AvgIpc) is 3.32. The number of benzene rings is 1. The van der Waals surface area contributed by atoms with Crippen molar-refractivity contribution < 1.29 is 18.7 Å². The maximum Gasteiger partial charge on any atom is 0.293 e. The molecule has 3 heterocycles. The van der Waals surface area contributed by atoms with Gasteiger partial charge in [-0.05, 0) is 55.5 Å². The largest absolute Gasteiger partial charge is 0.459 e. The Balaban J connectivity index is 1.45. The number of hydrogen-bond donors (Lipinski definition) is 1. The fraction of sp³-hybridized carbons (Fsp3) is 0.400. The Kier molecular flexibility index (Phi) is 4.75. The molecule has 2 aliphatic heterocycles. The molecule has 1 N–H and O–H groups in total. The van der Waals surface area contributed by atoms with Crippen molar-refractivity contribution in [2.24, 2.45) is 0 Å². The van der Waals surface area contributed by atoms with Crippen LogP contribution in [0.15, 0.2) is 41.0 Å². The molecule has 1 aromatic heterocycles. The van der Waals surface area contributed by atoms with Gasteiger partial charge in [-0.15, -0.1) is 0 Å². The lowest BCUT2D eigenvalue weighted by atomic mass is 10.1. The lowest BCUT2D eigenvalue weighted by Crippen LogP contribution is -2.28. The van der Waals surface area contributed by atoms with Crippen LogP contribution in [0.1, 0.15) is 41.8 Å². The van der Waals surface area contributed by atoms with Crippen molar-refractivity contribution in [3.8, 4) is 0 Å². The monoisotopic (exact) mass is 354 g/mol. The number of hydrogen-bond acceptors (Lipinski definition) is 4. The summed E-state index contributed by atoms with van der Waals surface area (Å²) in [6.45, 7) is 1.35. The molecule has 6 heteroatoms. The molecule has 2 aliphatic rings. The van der Waals surface area contributed by atoms with Gasteiger partial charge < -0.3 is 19.4 Å². The summed E-state index contributed by atoms with van der Waals surface area (Å²) in [4.78, 5) is 26.6. The van der Waals surface area contributed by atoms with Gasteiger partial charge in [0.15, 0.2) is 5.76 Å². The Hall–Kier alpha value is -2.60. The Morgan fingerprint density at radius 3 is 2.92 bits per heavy atom. The predicted molar refractivity (Wildman–Crippen MR) is 97.4 cm³/mol. The van der Waals surface area contributed by atoms with Crippen LogP contribution < -0.4 is 10.2 Å². The molecule has 136 valence electrons. The van der Waals surface area contributed by atoms with Crippen molar-refractivity contribution in [3.05, 3.63) is 47.9 Å². The van der Waals surface area contributed by atoms with Gasteiger partial charge in [0.05, 0.1) is 18.8 Å². The van der Waals surface area contributed by atoms with Gasteiger partial charge in [-0.1, -0.05) is 6.07 Å². The molecule has 0 spiro atoms. The molecule has 6 nitrogen and oxygen atoms in total. The van der Waals surface area contributed by atoms with Crippen LogP contribution in [0.3, 0.4) is 0 Å². The molecule has 0 aliphatic carbocycles. The minimum absolute atomic E-state index is 0.00945. The van der Waals surface area contributed by atoms with Crippen molar-refractivity contribution in [3.63, 3.8) is 0 Å². The quantitative estimate of drug-likeness (QED) is 0.914. The number of furan rings is 1. The third-order valence-electron chi connectivity index (χ3n) is 4.93. The van der Waals surface area contributed by atoms with E-state index < -0.39 is 0 Å². The molecule has 1 aromatic carbocycles. The Morgan fingerprint density at radius 2 is 2.15 bits per heavy atom. The first-order valence-corrected chi connectivity index (χ1v) is 9.10. The minimum atomic E-state index is -0.159. The van der Waals surface area contributed by atoms with Crippen molar-refractivity contribution in [1.82, 2.24) is 0 Å². The number of carbonyl (C=O) groups is 2. The number of anilines is 2. The van der Waals surface area contributed by atoms with Crippen LogP contribution in [0.25, 0.3) is 0 Å². The molecular weight excluding hydrogens is 332 g/mol. The third-order valence-corrected chi connectivity index (χ3v) is 4.93. The second-order valence-corrected chi connectivity index (χ2v) is 6.77. The van der Waals surface area contributed by atoms with E-state index in [0.29, 0.717) is 24.4 Å². The van der Waals surface area contributed by atoms with E-state index in [2.05, 4.69) is 5.32 Å². The number of ether oxygens (including phenoxy) is 1. The van der Waals surface area contributed by atoms with Crippen LogP contribution in [-0.2, 0) is 16.0 Å². The number of amides is 2. The summed E-state index contributed by atoms with van der Waals surface area (Å²) < 4.78 is 10.9. The first kappa shape index (κ1) is 16.8. The van der Waals surface area contributed by atoms with Crippen molar-refractivity contribution in [2.75, 3.05) is 23.4 Å². The van der Waals surface area contributed by atoms with Crippen molar-refractivity contribution in [1.29, 1.82) is 0 Å². The molecule has 1 saturated heterocycles. The standard InChI is InChI=1S/C20H22N2O4/c23-19(13-16-4-1-2-10-25-16)21-15-7-6-14-8-9-22(17(14)12-15)20(24)18-5-3-11-26-18/h3,5-7,11-12,16H,1-2,4,8-10,13H2,(H,21,23). The number of fused-ring (bicyclic) bond motifs is 1. The van der Waals surface area contributed by atoms with E-state index in [0.717, 1.165) is 43.5 Å². The van der Waals surface area contributed by atoms with Gasteiger partial charge in [0.25, 0.3) is 5.91 Å². The minimum Gasteiger partial charge on any atom is -0.459 e. The number of nitrogens with one attached hydrogen (secondary N) is 1. The summed E-state index contributed by atoms with van der Waals surface area (Å²) in [7, 11) is 0. The summed E-state index contributed by atoms with van der Waals surface area (Å²) in [6.07, 6.45) is 5.79. The van der Waals surface area contributed by atoms with Crippen LogP contribution in [-0.4, -0.2) is 31.1 Å². The maximum atomic E-state index is 12.6. The number of rotatable bonds is 4. The van der Waals surface area contributed by atoms with Crippen LogP contribution >= 0.6 is 0 Å². The van der Waals surface area contributed by atoms with Gasteiger partial charge >= 0.3 is 0 Å². The highest BCUT2D eigenvalue weighted by atomic mass is 16.5. The summed E-state index contributed by atoms with van der Waals surface area (Å²) in [5.74, 6) is 0.105. The Labute approximate surface area is 152 Å². The SMILES string of the molecule is O=C(CC1CCCCO1)Nc1ccc2c(c1)N(C(=O)c1ccco1)CC2. The van der Waals surface area contributed by atoms with Crippen molar-refractivity contribution >= 4 is 23.2 Å². The lowest BCUT2D eigenvalue weighted by Gasteiger charge is -2.22. The second kappa shape index (κ2) is 7.33. The molecule has 0 radical (unpaired) electrons. The topological polar surface area (TPSA) is 71.8 Å². The smallest absolute Gasteiger partial charge is 0.293 e. The van der Waals surface area contributed by atoms with Crippen molar-refractivity contribution in [2.45, 2.75) is 38.2 Å². The number of carbonyl (C=O) groups excluding carboxylic acids is 2. The zero-order valence-electron chi connectivity index (χ0n) is 14.6. The van der Waals surface area contributed by atoms with Crippen LogP contribution in [0.2, 0.25) is 0 Å². The Morgan fingerprint density at radius 1 is 1.23 bits per heavy atom. The van der Waals surface area contributed by atoms with Crippen LogP contribution in [0.4, 0.5) is 11.4 Å². The average molecular weight is 354 g/mol. The highest BCUT2D eigenvalue weighted by Gasteiger charge is 2.27. The van der Waals surface area contributed by atoms with E-state index in [9.17, 15) is 9.59 Å². The van der Waals surface area contributed by atoms with Crippen LogP contribution in [0, 0.1) is 0 Å². The molecule has 1 atom stereocenters. The fourth-order valence-corrected chi connectivity index (χ4v) is 3.59. The molecule has 1 fully saturated rings. The molecule has 2 amide bonds. The molecule has 2 aromatic rings. The zero-order chi connectivity index (χ0) is 17.9. The first-order valence-electron chi connectivity index (χ1n) is 9.10. The van der Waals surface area contributed by atoms with E-state index in [4.69, 9.17) is 9.15 Å². The zero-order valence-corrected chi connectivity index (χ0v) is 14.6. The van der Waals surface area contributed by atoms with Crippen LogP contribution in [0.5, 0.6) is 0 Å². The second-order valence-electron chi connectivity index (χ2n) is 6.77. The molecule has 26 heavy (non-hydrogen) atoms. The van der Waals surface area contributed by atoms with Gasteiger partial charge in [0, 0.05) is 24.5 Å². The normalized spacial score (nSPS) is 19.2. The van der Waals surface area contributed by atoms with Gasteiger partial charge in [-0.3, -0.25) is 9.59 Å². The molecule has 0 saturated carbocycles. The summed E-state index contributed by atoms with van der Waals surface area (Å²) in [5.41, 5.74) is 2.63. The third kappa shape index (κ3) is 3.51. The summed E-state index contributed by atoms with van der Waals surface area (Å²) in [6, 6.07) is 9.09. The Bertz CT molecular complexity index is 794. The van der Waals surface area contributed by atoms with Gasteiger partial charge in [0.1, 0.15) is 0 Å². The molecule has 4 rings (SSSR count).